The van der Waals surface area contributed by atoms with Gasteiger partial charge in [0.1, 0.15) is 0 Å². The van der Waals surface area contributed by atoms with E-state index in [-0.39, 0.29) is 12.0 Å². The van der Waals surface area contributed by atoms with E-state index in [1.807, 2.05) is 0 Å². The van der Waals surface area contributed by atoms with Gasteiger partial charge in [-0.3, -0.25) is 4.79 Å². The monoisotopic (exact) mass is 253 g/mol. The molecule has 2 N–H and O–H groups in total. The Balaban J connectivity index is 2.02. The summed E-state index contributed by atoms with van der Waals surface area (Å²) < 4.78 is 0. The predicted molar refractivity (Wildman–Crippen MR) is 73.2 cm³/mol. The Labute approximate surface area is 110 Å². The molecule has 1 aliphatic heterocycles. The highest BCUT2D eigenvalue weighted by Crippen LogP contribution is 2.31. The van der Waals surface area contributed by atoms with E-state index in [0.717, 1.165) is 38.9 Å². The van der Waals surface area contributed by atoms with E-state index in [1.54, 1.807) is 0 Å². The highest BCUT2D eigenvalue weighted by molar-refractivity contribution is 5.79. The van der Waals surface area contributed by atoms with Crippen LogP contribution in [0.1, 0.15) is 33.1 Å². The number of nitrogens with two attached hydrogens (primary N) is 1. The van der Waals surface area contributed by atoms with E-state index in [9.17, 15) is 4.79 Å². The van der Waals surface area contributed by atoms with Gasteiger partial charge in [0.15, 0.2) is 0 Å². The molecule has 104 valence electrons. The van der Waals surface area contributed by atoms with Crippen molar-refractivity contribution in [2.75, 3.05) is 26.7 Å². The molecule has 4 heteroatoms. The fourth-order valence-corrected chi connectivity index (χ4v) is 3.43. The van der Waals surface area contributed by atoms with E-state index in [2.05, 4.69) is 30.7 Å². The van der Waals surface area contributed by atoms with Gasteiger partial charge >= 0.3 is 0 Å². The Hall–Kier alpha value is -0.610. The first-order valence-corrected chi connectivity index (χ1v) is 7.25. The molecule has 0 bridgehead atoms. The van der Waals surface area contributed by atoms with Gasteiger partial charge < -0.3 is 15.5 Å². The average molecular weight is 253 g/mol. The summed E-state index contributed by atoms with van der Waals surface area (Å²) in [5.41, 5.74) is 6.11. The third-order valence-corrected chi connectivity index (χ3v) is 4.79. The van der Waals surface area contributed by atoms with Crippen molar-refractivity contribution in [1.82, 2.24) is 9.80 Å². The van der Waals surface area contributed by atoms with Gasteiger partial charge in [-0.2, -0.15) is 0 Å². The summed E-state index contributed by atoms with van der Waals surface area (Å²) >= 11 is 0. The summed E-state index contributed by atoms with van der Waals surface area (Å²) in [4.78, 5) is 17.1. The number of piperazine rings is 1. The minimum absolute atomic E-state index is 0.152. The van der Waals surface area contributed by atoms with Crippen LogP contribution in [0.3, 0.4) is 0 Å². The second-order valence-corrected chi connectivity index (χ2v) is 6.20. The second-order valence-electron chi connectivity index (χ2n) is 6.20. The van der Waals surface area contributed by atoms with Crippen LogP contribution in [0.15, 0.2) is 0 Å². The van der Waals surface area contributed by atoms with Crippen LogP contribution in [0.2, 0.25) is 0 Å². The lowest BCUT2D eigenvalue weighted by atomic mass is 9.76. The number of hydrogen-bond donors (Lipinski definition) is 1. The van der Waals surface area contributed by atoms with Crippen LogP contribution in [0.4, 0.5) is 0 Å². The molecule has 4 unspecified atom stereocenters. The number of rotatable bonds is 1. The quantitative estimate of drug-likeness (QED) is 0.756. The molecule has 1 heterocycles. The summed E-state index contributed by atoms with van der Waals surface area (Å²) in [7, 11) is 2.12. The maximum Gasteiger partial charge on any atom is 0.226 e. The standard InChI is InChI=1S/C14H27N3O/c1-10-9-16(3)7-8-17(10)14(18)12-5-4-6-13(15)11(12)2/h10-13H,4-9,15H2,1-3H3. The Morgan fingerprint density at radius 1 is 1.22 bits per heavy atom. The Morgan fingerprint density at radius 3 is 2.61 bits per heavy atom. The van der Waals surface area contributed by atoms with E-state index >= 15 is 0 Å². The SMILES string of the molecule is CC1C(N)CCCC1C(=O)N1CCN(C)CC1C. The molecule has 4 nitrogen and oxygen atoms in total. The fourth-order valence-electron chi connectivity index (χ4n) is 3.43. The third kappa shape index (κ3) is 2.69. The van der Waals surface area contributed by atoms with Crippen LogP contribution in [-0.2, 0) is 4.79 Å². The molecule has 0 radical (unpaired) electrons. The van der Waals surface area contributed by atoms with Crippen molar-refractivity contribution in [1.29, 1.82) is 0 Å². The van der Waals surface area contributed by atoms with Crippen molar-refractivity contribution in [3.05, 3.63) is 0 Å². The Kier molecular flexibility index (Phi) is 4.28. The van der Waals surface area contributed by atoms with E-state index < -0.39 is 0 Å². The molecule has 1 saturated heterocycles. The summed E-state index contributed by atoms with van der Waals surface area (Å²) in [6.45, 7) is 7.14. The van der Waals surface area contributed by atoms with Crippen LogP contribution < -0.4 is 5.73 Å². The predicted octanol–water partition coefficient (Wildman–Crippen LogP) is 0.912. The molecule has 0 spiro atoms. The van der Waals surface area contributed by atoms with Crippen molar-refractivity contribution in [2.45, 2.75) is 45.2 Å². The zero-order valence-corrected chi connectivity index (χ0v) is 11.9. The van der Waals surface area contributed by atoms with Crippen LogP contribution >= 0.6 is 0 Å². The number of hydrogen-bond acceptors (Lipinski definition) is 3. The van der Waals surface area contributed by atoms with Gasteiger partial charge in [-0.25, -0.2) is 0 Å². The van der Waals surface area contributed by atoms with E-state index in [4.69, 9.17) is 5.73 Å². The minimum Gasteiger partial charge on any atom is -0.337 e. The molecule has 0 aromatic carbocycles. The number of nitrogens with zero attached hydrogens (tertiary/aromatic N) is 2. The summed E-state index contributed by atoms with van der Waals surface area (Å²) in [6.07, 6.45) is 3.19. The first-order valence-electron chi connectivity index (χ1n) is 7.25. The second kappa shape index (κ2) is 5.57. The lowest BCUT2D eigenvalue weighted by Gasteiger charge is -2.42. The smallest absolute Gasteiger partial charge is 0.226 e. The van der Waals surface area contributed by atoms with Gasteiger partial charge in [-0.15, -0.1) is 0 Å². The van der Waals surface area contributed by atoms with Crippen molar-refractivity contribution in [2.24, 2.45) is 17.6 Å². The Bertz CT molecular complexity index is 307. The molecule has 2 rings (SSSR count). The zero-order valence-electron chi connectivity index (χ0n) is 11.9. The highest BCUT2D eigenvalue weighted by atomic mass is 16.2. The number of likely N-dealkylation sites (N-methyl/N-ethyl adjacent to an activating group) is 1. The molecular formula is C14H27N3O. The normalized spacial score (nSPS) is 38.8. The van der Waals surface area contributed by atoms with Gasteiger partial charge in [0, 0.05) is 37.6 Å². The molecule has 2 fully saturated rings. The number of amides is 1. The summed E-state index contributed by atoms with van der Waals surface area (Å²) in [5.74, 6) is 0.830. The van der Waals surface area contributed by atoms with Crippen molar-refractivity contribution < 1.29 is 4.79 Å². The summed E-state index contributed by atoms with van der Waals surface area (Å²) in [5, 5.41) is 0. The lowest BCUT2D eigenvalue weighted by Crippen LogP contribution is -2.56. The Morgan fingerprint density at radius 2 is 1.94 bits per heavy atom. The van der Waals surface area contributed by atoms with Gasteiger partial charge in [0.25, 0.3) is 0 Å². The average Bonchev–Trinajstić information content (AvgIpc) is 2.32. The zero-order chi connectivity index (χ0) is 13.3. The summed E-state index contributed by atoms with van der Waals surface area (Å²) in [6, 6.07) is 0.539. The first-order chi connectivity index (χ1) is 8.50. The van der Waals surface area contributed by atoms with Crippen molar-refractivity contribution in [3.63, 3.8) is 0 Å². The molecule has 1 amide bonds. The molecule has 18 heavy (non-hydrogen) atoms. The molecule has 4 atom stereocenters. The van der Waals surface area contributed by atoms with Gasteiger partial charge in [0.05, 0.1) is 0 Å². The van der Waals surface area contributed by atoms with E-state index in [0.29, 0.717) is 17.9 Å². The van der Waals surface area contributed by atoms with Crippen LogP contribution in [0.5, 0.6) is 0 Å². The van der Waals surface area contributed by atoms with Crippen LogP contribution in [0.25, 0.3) is 0 Å². The van der Waals surface area contributed by atoms with Crippen LogP contribution in [0, 0.1) is 11.8 Å². The molecule has 0 aromatic rings. The lowest BCUT2D eigenvalue weighted by molar-refractivity contribution is -0.143. The van der Waals surface area contributed by atoms with Crippen molar-refractivity contribution >= 4 is 5.91 Å². The van der Waals surface area contributed by atoms with Gasteiger partial charge in [0.2, 0.25) is 5.91 Å². The fraction of sp³-hybridized carbons (Fsp3) is 0.929. The van der Waals surface area contributed by atoms with Crippen LogP contribution in [-0.4, -0.2) is 54.5 Å². The molecule has 2 aliphatic rings. The maximum absolute atomic E-state index is 12.7. The molecule has 1 aliphatic carbocycles. The number of carbonyl (C=O) groups is 1. The molecule has 0 aromatic heterocycles. The minimum atomic E-state index is 0.152. The number of carbonyl (C=O) groups excluding carboxylic acids is 1. The van der Waals surface area contributed by atoms with Gasteiger partial charge in [-0.05, 0) is 32.7 Å². The largest absolute Gasteiger partial charge is 0.337 e. The topological polar surface area (TPSA) is 49.6 Å². The van der Waals surface area contributed by atoms with E-state index in [1.165, 1.54) is 0 Å². The first kappa shape index (κ1) is 13.8. The van der Waals surface area contributed by atoms with Crippen molar-refractivity contribution in [3.8, 4) is 0 Å². The maximum atomic E-state index is 12.7. The third-order valence-electron chi connectivity index (χ3n) is 4.79. The molecular weight excluding hydrogens is 226 g/mol. The molecule has 1 saturated carbocycles. The van der Waals surface area contributed by atoms with Gasteiger partial charge in [-0.1, -0.05) is 13.3 Å². The highest BCUT2D eigenvalue weighted by Gasteiger charge is 2.37.